The van der Waals surface area contributed by atoms with Gasteiger partial charge in [0.2, 0.25) is 0 Å². The molecule has 4 aliphatic rings. The number of para-hydroxylation sites is 4. The zero-order chi connectivity index (χ0) is 83.6. The fraction of sp³-hybridized carbons (Fsp3) is 0.0167. The second-order valence-corrected chi connectivity index (χ2v) is 34.5. The number of hydrogen-bond donors (Lipinski definition) is 0. The third kappa shape index (κ3) is 9.77. The Morgan fingerprint density at radius 1 is 0.156 bits per heavy atom. The summed E-state index contributed by atoms with van der Waals surface area (Å²) in [4.78, 5) is 32.9. The lowest BCUT2D eigenvalue weighted by atomic mass is 9.65. The molecule has 24 aromatic rings. The van der Waals surface area contributed by atoms with E-state index in [9.17, 15) is 0 Å². The molecule has 0 N–H and O–H groups in total. The lowest BCUT2D eigenvalue weighted by Gasteiger charge is -2.40. The summed E-state index contributed by atoms with van der Waals surface area (Å²) < 4.78 is 5.04. The Morgan fingerprint density at radius 3 is 0.938 bits per heavy atom. The fourth-order valence-corrected chi connectivity index (χ4v) is 22.9. The first-order valence-electron chi connectivity index (χ1n) is 44.0. The number of benzene rings is 20. The van der Waals surface area contributed by atoms with E-state index in [0.717, 1.165) is 110 Å². The molecule has 2 aliphatic carbocycles. The molecule has 28 rings (SSSR count). The van der Waals surface area contributed by atoms with Gasteiger partial charge in [0.1, 0.15) is 0 Å². The van der Waals surface area contributed by atoms with E-state index in [4.69, 9.17) is 29.9 Å². The van der Waals surface area contributed by atoms with E-state index in [1.165, 1.54) is 122 Å². The summed E-state index contributed by atoms with van der Waals surface area (Å²) in [6, 6.07) is 156. The van der Waals surface area contributed by atoms with Crippen LogP contribution in [0.1, 0.15) is 44.5 Å². The average molecular weight is 1620 g/mol. The Hall–Kier alpha value is -16.9. The van der Waals surface area contributed by atoms with Crippen molar-refractivity contribution in [2.24, 2.45) is 0 Å². The van der Waals surface area contributed by atoms with Gasteiger partial charge in [0.25, 0.3) is 0 Å². The highest BCUT2D eigenvalue weighted by Crippen LogP contribution is 2.64. The molecule has 0 saturated carbocycles. The molecule has 590 valence electrons. The van der Waals surface area contributed by atoms with Gasteiger partial charge in [-0.15, -0.1) is 0 Å². The largest absolute Gasteiger partial charge is 0.309 e. The normalized spacial score (nSPS) is 13.3. The van der Waals surface area contributed by atoms with Crippen LogP contribution in [0.15, 0.2) is 425 Å². The molecule has 0 atom stereocenters. The summed E-state index contributed by atoms with van der Waals surface area (Å²) in [5, 5.41) is 13.5. The zero-order valence-electron chi connectivity index (χ0n) is 69.0. The summed E-state index contributed by atoms with van der Waals surface area (Å²) >= 11 is 0. The van der Waals surface area contributed by atoms with E-state index in [-0.39, 0.29) is 0 Å². The van der Waals surface area contributed by atoms with Crippen LogP contribution in [0, 0.1) is 0 Å². The van der Waals surface area contributed by atoms with E-state index in [1.807, 2.05) is 0 Å². The minimum atomic E-state index is -0.577. The third-order valence-corrected chi connectivity index (χ3v) is 28.3. The Morgan fingerprint density at radius 2 is 0.445 bits per heavy atom. The van der Waals surface area contributed by atoms with E-state index in [0.29, 0.717) is 34.9 Å². The van der Waals surface area contributed by atoms with Crippen LogP contribution in [0.2, 0.25) is 0 Å². The summed E-state index contributed by atoms with van der Waals surface area (Å²) in [6.45, 7) is 0. The van der Waals surface area contributed by atoms with Gasteiger partial charge in [0, 0.05) is 54.9 Å². The predicted molar refractivity (Wildman–Crippen MR) is 523 cm³/mol. The topological polar surface area (TPSA) is 87.2 Å². The van der Waals surface area contributed by atoms with Crippen LogP contribution in [0.5, 0.6) is 0 Å². The molecule has 0 bridgehead atoms. The fourth-order valence-electron chi connectivity index (χ4n) is 22.9. The second kappa shape index (κ2) is 26.8. The molecule has 8 nitrogen and oxygen atoms in total. The predicted octanol–water partition coefficient (Wildman–Crippen LogP) is 29.2. The molecule has 8 heteroatoms. The van der Waals surface area contributed by atoms with Gasteiger partial charge in [0.05, 0.1) is 44.3 Å². The lowest BCUT2D eigenvalue weighted by molar-refractivity contribution is 0.748. The highest BCUT2D eigenvalue weighted by molar-refractivity contribution is 6.17. The summed E-state index contributed by atoms with van der Waals surface area (Å²) in [5.74, 6) is 3.51. The quantitative estimate of drug-likeness (QED) is 0.143. The molecule has 0 saturated heterocycles. The van der Waals surface area contributed by atoms with Crippen LogP contribution in [-0.4, -0.2) is 39.0 Å². The molecule has 0 fully saturated rings. The minimum absolute atomic E-state index is 0.481. The molecule has 2 spiro atoms. The lowest BCUT2D eigenvalue weighted by Crippen LogP contribution is -2.33. The molecular weight excluding hydrogens is 1550 g/mol. The Labute approximate surface area is 736 Å². The smallest absolute Gasteiger partial charge is 0.164 e. The molecule has 128 heavy (non-hydrogen) atoms. The van der Waals surface area contributed by atoms with E-state index < -0.39 is 10.8 Å². The molecule has 0 unspecified atom stereocenters. The van der Waals surface area contributed by atoms with Crippen molar-refractivity contribution < 1.29 is 0 Å². The van der Waals surface area contributed by atoms with Crippen LogP contribution in [0.3, 0.4) is 0 Å². The van der Waals surface area contributed by atoms with Crippen LogP contribution in [0.4, 0.5) is 0 Å². The Bertz CT molecular complexity index is 8880. The summed E-state index contributed by atoms with van der Waals surface area (Å²) in [5.41, 5.74) is 33.8. The van der Waals surface area contributed by atoms with Gasteiger partial charge in [-0.05, 0) is 180 Å². The summed E-state index contributed by atoms with van der Waals surface area (Å²) in [6.07, 6.45) is 0. The maximum atomic E-state index is 5.54. The molecule has 20 aromatic carbocycles. The van der Waals surface area contributed by atoms with Gasteiger partial charge in [0.15, 0.2) is 34.9 Å². The van der Waals surface area contributed by atoms with Crippen LogP contribution in [-0.2, 0) is 10.8 Å². The van der Waals surface area contributed by atoms with Gasteiger partial charge in [-0.3, -0.25) is 0 Å². The highest BCUT2D eigenvalue weighted by Gasteiger charge is 2.53. The first-order chi connectivity index (χ1) is 63.5. The van der Waals surface area contributed by atoms with Crippen molar-refractivity contribution in [2.45, 2.75) is 10.8 Å². The summed E-state index contributed by atoms with van der Waals surface area (Å²) in [7, 11) is 0. The molecule has 0 amide bonds. The molecule has 4 aromatic heterocycles. The maximum absolute atomic E-state index is 5.54. The average Bonchev–Trinajstić information content (AvgIpc) is 1.49. The van der Waals surface area contributed by atoms with Crippen molar-refractivity contribution >= 4 is 86.7 Å². The highest BCUT2D eigenvalue weighted by atomic mass is 15.1. The Kier molecular flexibility index (Phi) is 14.8. The van der Waals surface area contributed by atoms with Crippen LogP contribution in [0.25, 0.3) is 222 Å². The van der Waals surface area contributed by atoms with Crippen LogP contribution < -0.4 is 0 Å². The van der Waals surface area contributed by atoms with Crippen molar-refractivity contribution in [1.82, 2.24) is 39.0 Å². The number of aromatic nitrogens is 8. The van der Waals surface area contributed by atoms with Crippen molar-refractivity contribution in [3.63, 3.8) is 0 Å². The number of fused-ring (bicyclic) bond motifs is 28. The molecule has 0 radical (unpaired) electrons. The first kappa shape index (κ1) is 70.6. The van der Waals surface area contributed by atoms with Gasteiger partial charge >= 0.3 is 0 Å². The third-order valence-electron chi connectivity index (χ3n) is 28.3. The van der Waals surface area contributed by atoms with Gasteiger partial charge in [-0.2, -0.15) is 0 Å². The van der Waals surface area contributed by atoms with Gasteiger partial charge < -0.3 is 9.13 Å². The minimum Gasteiger partial charge on any atom is -0.309 e. The standard InChI is InChI=1S/C120H70N8/c1-3-29-79-73(25-1)27-17-44-94(79)115-121-113(75-61-57-71(58-62-75)77-65-67-108-98(69-77)93-43-24-53-104-112(93)128(108)109-56-16-14-52-103(109)119(104)99-48-10-5-31-87(99)88-32-6-11-49-100(88)119)123-117(125-115)96-46-21-38-83-81(36-19-40-85(83)96)82-37-20-41-86-84(82)39-22-47-97(86)118-124-114(122-116(126-118)95-45-18-28-74-26-2-4-30-80(74)95)76-63-59-72(60-64-76)78-66-68-110-106(70-78)120(101-50-12-7-33-89(101)90-34-8-13-51-102(90)120)105-54-23-42-92-91-35-9-15-55-107(91)127(110)111(92)105/h1-70H. The number of rotatable bonds is 9. The first-order valence-corrected chi connectivity index (χ1v) is 44.0. The zero-order valence-corrected chi connectivity index (χ0v) is 69.0. The SMILES string of the molecule is c1ccc2c(c1)-c1ccccc1C21c2cc(-c3ccc(-c4nc(-c5cccc6ccccc56)nc(-c5cccc6c(-c7cccc8c(-c9nc(-c%10ccc(-c%11ccc%12c(c%11)c%11cccc%13c%11n%12-c%11ccccc%11C%13%11c%12ccccc%12-c%12ccccc%12%11)cc%10)nc(-c%10cccc%11ccccc%10%11)n9)cccc78)cccc56)n4)cc3)ccc2-n2c3ccccc3c3cccc1c32. The molecule has 2 aliphatic heterocycles. The van der Waals surface area contributed by atoms with E-state index in [1.54, 1.807) is 0 Å². The van der Waals surface area contributed by atoms with E-state index >= 15 is 0 Å². The van der Waals surface area contributed by atoms with Crippen molar-refractivity contribution in [3.8, 4) is 135 Å². The number of hydrogen-bond acceptors (Lipinski definition) is 6. The van der Waals surface area contributed by atoms with Crippen LogP contribution >= 0.6 is 0 Å². The molecular formula is C120H70N8. The monoisotopic (exact) mass is 1620 g/mol. The van der Waals surface area contributed by atoms with Crippen molar-refractivity contribution in [2.75, 3.05) is 0 Å². The molecule has 6 heterocycles. The second-order valence-electron chi connectivity index (χ2n) is 34.5. The Balaban J connectivity index is 0.548. The van der Waals surface area contributed by atoms with Gasteiger partial charge in [-0.25, -0.2) is 29.9 Å². The van der Waals surface area contributed by atoms with Gasteiger partial charge in [-0.1, -0.05) is 388 Å². The van der Waals surface area contributed by atoms with Crippen molar-refractivity contribution in [3.05, 3.63) is 469 Å². The maximum Gasteiger partial charge on any atom is 0.164 e. The number of nitrogens with zero attached hydrogens (tertiary/aromatic N) is 8. The van der Waals surface area contributed by atoms with E-state index in [2.05, 4.69) is 434 Å². The van der Waals surface area contributed by atoms with Crippen molar-refractivity contribution in [1.29, 1.82) is 0 Å².